The second-order valence-electron chi connectivity index (χ2n) is 6.37. The maximum atomic E-state index is 12.4. The number of hydrogen-bond donors (Lipinski definition) is 2. The minimum absolute atomic E-state index is 0.291. The molecule has 1 aliphatic heterocycles. The van der Waals surface area contributed by atoms with Crippen LogP contribution in [0.2, 0.25) is 0 Å². The Morgan fingerprint density at radius 2 is 1.88 bits per heavy atom. The van der Waals surface area contributed by atoms with E-state index in [2.05, 4.69) is 10.6 Å². The van der Waals surface area contributed by atoms with Crippen LogP contribution in [0, 0.1) is 6.92 Å². The van der Waals surface area contributed by atoms with Crippen LogP contribution in [0.4, 0.5) is 10.5 Å². The van der Waals surface area contributed by atoms with Gasteiger partial charge in [0.2, 0.25) is 5.91 Å². The highest BCUT2D eigenvalue weighted by Crippen LogP contribution is 2.14. The molecule has 1 atom stereocenters. The third-order valence-electron chi connectivity index (χ3n) is 4.28. The minimum atomic E-state index is -0.588. The SMILES string of the molecule is Cc1cccc(NC(=O)CN2C(=O)NC(CCc3ccccc3)C2=O)c1. The van der Waals surface area contributed by atoms with E-state index in [1.54, 1.807) is 6.07 Å². The fraction of sp³-hybridized carbons (Fsp3) is 0.250. The first-order valence-electron chi connectivity index (χ1n) is 8.55. The summed E-state index contributed by atoms with van der Waals surface area (Å²) < 4.78 is 0. The first-order valence-corrected chi connectivity index (χ1v) is 8.55. The van der Waals surface area contributed by atoms with Gasteiger partial charge in [0.05, 0.1) is 0 Å². The zero-order valence-corrected chi connectivity index (χ0v) is 14.6. The van der Waals surface area contributed by atoms with Crippen molar-refractivity contribution in [1.82, 2.24) is 10.2 Å². The van der Waals surface area contributed by atoms with Crippen molar-refractivity contribution >= 4 is 23.5 Å². The number of urea groups is 1. The molecule has 1 unspecified atom stereocenters. The molecule has 0 bridgehead atoms. The van der Waals surface area contributed by atoms with Crippen LogP contribution in [0.3, 0.4) is 0 Å². The van der Waals surface area contributed by atoms with E-state index in [-0.39, 0.29) is 12.5 Å². The Hall–Kier alpha value is -3.15. The lowest BCUT2D eigenvalue weighted by atomic mass is 10.1. The van der Waals surface area contributed by atoms with Crippen molar-refractivity contribution in [3.05, 3.63) is 65.7 Å². The Kier molecular flexibility index (Phi) is 5.31. The molecule has 4 amide bonds. The van der Waals surface area contributed by atoms with Crippen LogP contribution in [-0.2, 0) is 16.0 Å². The largest absolute Gasteiger partial charge is 0.326 e. The number of anilines is 1. The van der Waals surface area contributed by atoms with Gasteiger partial charge in [0.25, 0.3) is 5.91 Å². The van der Waals surface area contributed by atoms with Crippen LogP contribution in [0.5, 0.6) is 0 Å². The molecule has 0 aliphatic carbocycles. The predicted octanol–water partition coefficient (Wildman–Crippen LogP) is 2.49. The Morgan fingerprint density at radius 3 is 2.62 bits per heavy atom. The molecule has 2 aromatic carbocycles. The van der Waals surface area contributed by atoms with Crippen LogP contribution in [0.25, 0.3) is 0 Å². The molecule has 0 radical (unpaired) electrons. The predicted molar refractivity (Wildman–Crippen MR) is 98.6 cm³/mol. The van der Waals surface area contributed by atoms with Crippen molar-refractivity contribution in [1.29, 1.82) is 0 Å². The molecule has 2 N–H and O–H groups in total. The summed E-state index contributed by atoms with van der Waals surface area (Å²) in [7, 11) is 0. The highest BCUT2D eigenvalue weighted by molar-refractivity contribution is 6.07. The third kappa shape index (κ3) is 4.27. The van der Waals surface area contributed by atoms with Gasteiger partial charge in [0, 0.05) is 5.69 Å². The topological polar surface area (TPSA) is 78.5 Å². The third-order valence-corrected chi connectivity index (χ3v) is 4.28. The number of rotatable bonds is 6. The molecule has 6 heteroatoms. The Morgan fingerprint density at radius 1 is 1.12 bits per heavy atom. The van der Waals surface area contributed by atoms with Crippen molar-refractivity contribution in [3.63, 3.8) is 0 Å². The maximum absolute atomic E-state index is 12.4. The van der Waals surface area contributed by atoms with E-state index in [1.165, 1.54) is 0 Å². The fourth-order valence-electron chi connectivity index (χ4n) is 2.94. The van der Waals surface area contributed by atoms with Crippen LogP contribution in [0.1, 0.15) is 17.5 Å². The average Bonchev–Trinajstić information content (AvgIpc) is 2.88. The standard InChI is InChI=1S/C20H21N3O3/c1-14-6-5-9-16(12-14)21-18(24)13-23-19(25)17(22-20(23)26)11-10-15-7-3-2-4-8-15/h2-9,12,17H,10-11,13H2,1H3,(H,21,24)(H,22,26). The number of nitrogens with one attached hydrogen (secondary N) is 2. The zero-order valence-electron chi connectivity index (χ0n) is 14.6. The summed E-state index contributed by atoms with van der Waals surface area (Å²) in [4.78, 5) is 37.6. The molecule has 0 aromatic heterocycles. The van der Waals surface area contributed by atoms with Crippen LogP contribution in [0.15, 0.2) is 54.6 Å². The molecule has 2 aromatic rings. The molecule has 6 nitrogen and oxygen atoms in total. The van der Waals surface area contributed by atoms with E-state index in [4.69, 9.17) is 0 Å². The number of hydrogen-bond acceptors (Lipinski definition) is 3. The van der Waals surface area contributed by atoms with Gasteiger partial charge in [0.1, 0.15) is 12.6 Å². The number of amides is 4. The van der Waals surface area contributed by atoms with E-state index in [0.717, 1.165) is 16.0 Å². The van der Waals surface area contributed by atoms with Crippen LogP contribution in [-0.4, -0.2) is 35.3 Å². The molecule has 1 saturated heterocycles. The molecule has 0 saturated carbocycles. The molecule has 0 spiro atoms. The Labute approximate surface area is 152 Å². The van der Waals surface area contributed by atoms with Crippen molar-refractivity contribution in [2.24, 2.45) is 0 Å². The molecule has 1 heterocycles. The Bertz CT molecular complexity index is 820. The van der Waals surface area contributed by atoms with E-state index >= 15 is 0 Å². The van der Waals surface area contributed by atoms with E-state index in [0.29, 0.717) is 18.5 Å². The first-order chi connectivity index (χ1) is 12.5. The number of carbonyl (C=O) groups excluding carboxylic acids is 3. The molecular formula is C20H21N3O3. The van der Waals surface area contributed by atoms with Gasteiger partial charge < -0.3 is 10.6 Å². The van der Waals surface area contributed by atoms with Crippen molar-refractivity contribution in [2.75, 3.05) is 11.9 Å². The monoisotopic (exact) mass is 351 g/mol. The fourth-order valence-corrected chi connectivity index (χ4v) is 2.94. The highest BCUT2D eigenvalue weighted by atomic mass is 16.2. The molecule has 1 fully saturated rings. The summed E-state index contributed by atoms with van der Waals surface area (Å²) in [5.74, 6) is -0.756. The number of benzene rings is 2. The number of nitrogens with zero attached hydrogens (tertiary/aromatic N) is 1. The second-order valence-corrected chi connectivity index (χ2v) is 6.37. The van der Waals surface area contributed by atoms with Crippen molar-refractivity contribution in [2.45, 2.75) is 25.8 Å². The van der Waals surface area contributed by atoms with Crippen molar-refractivity contribution < 1.29 is 14.4 Å². The first kappa shape index (κ1) is 17.7. The highest BCUT2D eigenvalue weighted by Gasteiger charge is 2.38. The van der Waals surface area contributed by atoms with Gasteiger partial charge in [-0.3, -0.25) is 14.5 Å². The van der Waals surface area contributed by atoms with Gasteiger partial charge >= 0.3 is 6.03 Å². The summed E-state index contributed by atoms with van der Waals surface area (Å²) in [6.07, 6.45) is 1.19. The summed E-state index contributed by atoms with van der Waals surface area (Å²) in [6.45, 7) is 1.63. The summed E-state index contributed by atoms with van der Waals surface area (Å²) in [6, 6.07) is 16.0. The summed E-state index contributed by atoms with van der Waals surface area (Å²) >= 11 is 0. The maximum Gasteiger partial charge on any atom is 0.325 e. The number of imide groups is 1. The van der Waals surface area contributed by atoms with Gasteiger partial charge in [0.15, 0.2) is 0 Å². The zero-order chi connectivity index (χ0) is 18.5. The van der Waals surface area contributed by atoms with Gasteiger partial charge in [-0.1, -0.05) is 42.5 Å². The molecule has 1 aliphatic rings. The van der Waals surface area contributed by atoms with E-state index in [1.807, 2.05) is 55.5 Å². The molecule has 26 heavy (non-hydrogen) atoms. The second kappa shape index (κ2) is 7.82. The average molecular weight is 351 g/mol. The summed E-state index contributed by atoms with van der Waals surface area (Å²) in [5.41, 5.74) is 2.76. The summed E-state index contributed by atoms with van der Waals surface area (Å²) in [5, 5.41) is 5.37. The molecule has 3 rings (SSSR count). The minimum Gasteiger partial charge on any atom is -0.326 e. The molecule has 134 valence electrons. The molecular weight excluding hydrogens is 330 g/mol. The van der Waals surface area contributed by atoms with Gasteiger partial charge in [-0.2, -0.15) is 0 Å². The van der Waals surface area contributed by atoms with Crippen LogP contribution >= 0.6 is 0 Å². The van der Waals surface area contributed by atoms with Gasteiger partial charge in [-0.15, -0.1) is 0 Å². The van der Waals surface area contributed by atoms with E-state index < -0.39 is 18.0 Å². The smallest absolute Gasteiger partial charge is 0.325 e. The lowest BCUT2D eigenvalue weighted by molar-refractivity contribution is -0.130. The van der Waals surface area contributed by atoms with Crippen molar-refractivity contribution in [3.8, 4) is 0 Å². The lowest BCUT2D eigenvalue weighted by Gasteiger charge is -2.13. The number of aryl methyl sites for hydroxylation is 2. The number of carbonyl (C=O) groups is 3. The lowest BCUT2D eigenvalue weighted by Crippen LogP contribution is -2.38. The normalized spacial score (nSPS) is 16.5. The van der Waals surface area contributed by atoms with E-state index in [9.17, 15) is 14.4 Å². The quantitative estimate of drug-likeness (QED) is 0.785. The van der Waals surface area contributed by atoms with Gasteiger partial charge in [-0.05, 0) is 43.0 Å². The Balaban J connectivity index is 1.55. The van der Waals surface area contributed by atoms with Crippen LogP contribution < -0.4 is 10.6 Å². The van der Waals surface area contributed by atoms with Gasteiger partial charge in [-0.25, -0.2) is 4.79 Å².